The first-order valence-electron chi connectivity index (χ1n) is 10.2. The van der Waals surface area contributed by atoms with Gasteiger partial charge in [0.25, 0.3) is 0 Å². The van der Waals surface area contributed by atoms with Crippen molar-refractivity contribution in [2.75, 3.05) is 20.2 Å². The van der Waals surface area contributed by atoms with Gasteiger partial charge in [0, 0.05) is 6.54 Å². The van der Waals surface area contributed by atoms with Crippen LogP contribution >= 0.6 is 12.4 Å². The number of carbonyl (C=O) groups is 1. The summed E-state index contributed by atoms with van der Waals surface area (Å²) in [6.45, 7) is 4.14. The maximum Gasteiger partial charge on any atom is 0.187 e. The molecule has 1 unspecified atom stereocenters. The molecular weight excluding hydrogens is 370 g/mol. The van der Waals surface area contributed by atoms with Gasteiger partial charge in [-0.25, -0.2) is 0 Å². The van der Waals surface area contributed by atoms with Gasteiger partial charge in [0.15, 0.2) is 5.78 Å². The Hall–Kier alpha value is -1.84. The van der Waals surface area contributed by atoms with E-state index in [1.807, 2.05) is 12.1 Å². The van der Waals surface area contributed by atoms with E-state index in [0.717, 1.165) is 62.1 Å². The lowest BCUT2D eigenvalue weighted by Crippen LogP contribution is -2.59. The maximum absolute atomic E-state index is 13.7. The van der Waals surface area contributed by atoms with E-state index < -0.39 is 0 Å². The van der Waals surface area contributed by atoms with E-state index in [1.54, 1.807) is 7.11 Å². The van der Waals surface area contributed by atoms with Crippen molar-refractivity contribution >= 4 is 18.2 Å². The van der Waals surface area contributed by atoms with E-state index in [4.69, 9.17) is 4.74 Å². The average molecular weight is 400 g/mol. The van der Waals surface area contributed by atoms with Crippen LogP contribution in [0, 0.1) is 6.92 Å². The van der Waals surface area contributed by atoms with Crippen molar-refractivity contribution in [3.63, 3.8) is 0 Å². The average Bonchev–Trinajstić information content (AvgIpc) is 2.71. The highest BCUT2D eigenvalue weighted by Crippen LogP contribution is 2.42. The summed E-state index contributed by atoms with van der Waals surface area (Å²) in [6, 6.07) is 14.6. The molecule has 2 aromatic rings. The second kappa shape index (κ2) is 8.67. The van der Waals surface area contributed by atoms with Crippen LogP contribution < -0.4 is 4.74 Å². The highest BCUT2D eigenvalue weighted by atomic mass is 35.5. The van der Waals surface area contributed by atoms with Crippen molar-refractivity contribution in [2.24, 2.45) is 0 Å². The zero-order valence-electron chi connectivity index (χ0n) is 16.9. The van der Waals surface area contributed by atoms with E-state index in [-0.39, 0.29) is 23.7 Å². The molecule has 1 saturated heterocycles. The topological polar surface area (TPSA) is 29.5 Å². The molecule has 150 valence electrons. The lowest BCUT2D eigenvalue weighted by molar-refractivity contribution is 0.0295. The molecule has 2 aromatic carbocycles. The van der Waals surface area contributed by atoms with Crippen LogP contribution in [0.25, 0.3) is 0 Å². The van der Waals surface area contributed by atoms with Crippen molar-refractivity contribution in [1.82, 2.24) is 4.90 Å². The molecule has 28 heavy (non-hydrogen) atoms. The Morgan fingerprint density at radius 1 is 1.07 bits per heavy atom. The molecule has 0 radical (unpaired) electrons. The lowest BCUT2D eigenvalue weighted by atomic mass is 9.71. The predicted octanol–water partition coefficient (Wildman–Crippen LogP) is 5.02. The predicted molar refractivity (Wildman–Crippen MR) is 116 cm³/mol. The summed E-state index contributed by atoms with van der Waals surface area (Å²) in [6.07, 6.45) is 6.18. The molecule has 3 nitrogen and oxygen atoms in total. The lowest BCUT2D eigenvalue weighted by Gasteiger charge is -2.48. The largest absolute Gasteiger partial charge is 0.496 e. The van der Waals surface area contributed by atoms with E-state index in [9.17, 15) is 4.79 Å². The second-order valence-corrected chi connectivity index (χ2v) is 7.98. The fourth-order valence-corrected chi connectivity index (χ4v) is 5.00. The van der Waals surface area contributed by atoms with Crippen LogP contribution in [0.15, 0.2) is 42.5 Å². The molecule has 4 heteroatoms. The number of aryl methyl sites for hydroxylation is 2. The van der Waals surface area contributed by atoms with Crippen LogP contribution in [-0.2, 0) is 12.8 Å². The molecule has 1 spiro atoms. The molecule has 0 N–H and O–H groups in total. The molecule has 2 aliphatic rings. The first kappa shape index (κ1) is 20.9. The van der Waals surface area contributed by atoms with Gasteiger partial charge in [-0.05, 0) is 74.8 Å². The van der Waals surface area contributed by atoms with Gasteiger partial charge in [0.05, 0.1) is 18.2 Å². The molecular formula is C24H30ClNO2. The molecule has 1 atom stereocenters. The zero-order valence-corrected chi connectivity index (χ0v) is 17.7. The summed E-state index contributed by atoms with van der Waals surface area (Å²) in [5.41, 5.74) is 4.36. The number of nitrogens with zero attached hydrogens (tertiary/aromatic N) is 1. The highest BCUT2D eigenvalue weighted by molar-refractivity contribution is 6.07. The zero-order chi connectivity index (χ0) is 18.9. The fourth-order valence-electron chi connectivity index (χ4n) is 5.00. The summed E-state index contributed by atoms with van der Waals surface area (Å²) in [5.74, 6) is 1.02. The van der Waals surface area contributed by atoms with Crippen molar-refractivity contribution in [2.45, 2.75) is 51.0 Å². The molecule has 1 fully saturated rings. The third-order valence-corrected chi connectivity index (χ3v) is 6.58. The SMILES string of the molecule is COc1cccc2c1C(=O)C1(CCCCN1CCc1ccccc1C)CC2.Cl. The van der Waals surface area contributed by atoms with Crippen molar-refractivity contribution in [3.8, 4) is 5.75 Å². The van der Waals surface area contributed by atoms with Crippen LogP contribution in [-0.4, -0.2) is 36.4 Å². The normalized spacial score (nSPS) is 21.9. The molecule has 1 heterocycles. The van der Waals surface area contributed by atoms with Crippen LogP contribution in [0.3, 0.4) is 0 Å². The number of fused-ring (bicyclic) bond motifs is 1. The van der Waals surface area contributed by atoms with Crippen LogP contribution in [0.2, 0.25) is 0 Å². The molecule has 0 aromatic heterocycles. The van der Waals surface area contributed by atoms with Crippen LogP contribution in [0.1, 0.15) is 52.7 Å². The van der Waals surface area contributed by atoms with E-state index in [0.29, 0.717) is 0 Å². The third-order valence-electron chi connectivity index (χ3n) is 6.58. The minimum atomic E-state index is -0.345. The Labute approximate surface area is 174 Å². The van der Waals surface area contributed by atoms with Gasteiger partial charge < -0.3 is 4.74 Å². The van der Waals surface area contributed by atoms with Crippen molar-refractivity contribution in [1.29, 1.82) is 0 Å². The summed E-state index contributed by atoms with van der Waals surface area (Å²) in [4.78, 5) is 16.2. The third kappa shape index (κ3) is 3.58. The maximum atomic E-state index is 13.7. The second-order valence-electron chi connectivity index (χ2n) is 7.98. The van der Waals surface area contributed by atoms with Gasteiger partial charge >= 0.3 is 0 Å². The van der Waals surface area contributed by atoms with E-state index in [2.05, 4.69) is 42.2 Å². The minimum Gasteiger partial charge on any atom is -0.496 e. The molecule has 0 amide bonds. The number of carbonyl (C=O) groups excluding carboxylic acids is 1. The summed E-state index contributed by atoms with van der Waals surface area (Å²) < 4.78 is 5.56. The number of benzene rings is 2. The van der Waals surface area contributed by atoms with Crippen LogP contribution in [0.4, 0.5) is 0 Å². The first-order valence-corrected chi connectivity index (χ1v) is 10.2. The van der Waals surface area contributed by atoms with Gasteiger partial charge in [0.2, 0.25) is 0 Å². The molecule has 1 aliphatic heterocycles. The Bertz CT molecular complexity index is 836. The fraction of sp³-hybridized carbons (Fsp3) is 0.458. The number of methoxy groups -OCH3 is 1. The quantitative estimate of drug-likeness (QED) is 0.722. The first-order chi connectivity index (χ1) is 13.2. The van der Waals surface area contributed by atoms with Gasteiger partial charge in [-0.1, -0.05) is 36.4 Å². The summed E-state index contributed by atoms with van der Waals surface area (Å²) in [5, 5.41) is 0. The summed E-state index contributed by atoms with van der Waals surface area (Å²) >= 11 is 0. The highest BCUT2D eigenvalue weighted by Gasteiger charge is 2.48. The number of rotatable bonds is 4. The Kier molecular flexibility index (Phi) is 6.47. The van der Waals surface area contributed by atoms with Crippen LogP contribution in [0.5, 0.6) is 5.75 Å². The Morgan fingerprint density at radius 2 is 1.89 bits per heavy atom. The number of halogens is 1. The van der Waals surface area contributed by atoms with Gasteiger partial charge in [-0.2, -0.15) is 0 Å². The number of ether oxygens (including phenoxy) is 1. The summed E-state index contributed by atoms with van der Waals surface area (Å²) in [7, 11) is 1.67. The number of piperidine rings is 1. The molecule has 4 rings (SSSR count). The van der Waals surface area contributed by atoms with Gasteiger partial charge in [-0.15, -0.1) is 12.4 Å². The van der Waals surface area contributed by atoms with E-state index in [1.165, 1.54) is 17.5 Å². The van der Waals surface area contributed by atoms with Gasteiger partial charge in [-0.3, -0.25) is 9.69 Å². The number of hydrogen-bond donors (Lipinski definition) is 0. The number of likely N-dealkylation sites (tertiary alicyclic amines) is 1. The van der Waals surface area contributed by atoms with Crippen molar-refractivity contribution < 1.29 is 9.53 Å². The van der Waals surface area contributed by atoms with Gasteiger partial charge in [0.1, 0.15) is 5.75 Å². The minimum absolute atomic E-state index is 0. The van der Waals surface area contributed by atoms with Crippen molar-refractivity contribution in [3.05, 3.63) is 64.7 Å². The molecule has 1 aliphatic carbocycles. The number of hydrogen-bond acceptors (Lipinski definition) is 3. The standard InChI is InChI=1S/C24H29NO2.ClH/c1-18-8-3-4-9-19(18)13-17-25-16-6-5-14-24(25)15-12-20-10-7-11-21(27-2)22(20)23(24)26;/h3-4,7-11H,5-6,12-17H2,1-2H3;1H. The Balaban J connectivity index is 0.00000225. The monoisotopic (exact) mass is 399 g/mol. The number of ketones is 1. The molecule has 0 saturated carbocycles. The smallest absolute Gasteiger partial charge is 0.187 e. The Morgan fingerprint density at radius 3 is 2.68 bits per heavy atom. The molecule has 0 bridgehead atoms. The number of Topliss-reactive ketones (excluding diaryl/α,β-unsaturated/α-hetero) is 1. The van der Waals surface area contributed by atoms with E-state index >= 15 is 0 Å².